The number of carbonyl (C=O) groups excluding carboxylic acids is 2. The molecule has 0 heterocycles. The molecule has 0 unspecified atom stereocenters. The lowest BCUT2D eigenvalue weighted by atomic mass is 10.1. The molecule has 0 aliphatic heterocycles. The van der Waals surface area contributed by atoms with Crippen molar-refractivity contribution in [1.29, 1.82) is 0 Å². The van der Waals surface area contributed by atoms with E-state index >= 15 is 0 Å². The van der Waals surface area contributed by atoms with Gasteiger partial charge in [-0.15, -0.1) is 0 Å². The van der Waals surface area contributed by atoms with Crippen molar-refractivity contribution < 1.29 is 18.0 Å². The van der Waals surface area contributed by atoms with Crippen molar-refractivity contribution >= 4 is 27.5 Å². The average Bonchev–Trinajstić information content (AvgIpc) is 2.56. The largest absolute Gasteiger partial charge is 0.350 e. The van der Waals surface area contributed by atoms with Gasteiger partial charge in [-0.2, -0.15) is 0 Å². The Morgan fingerprint density at radius 3 is 2.22 bits per heavy atom. The standard InChI is InChI=1S/C19H23N3O4S/c1-13-8-14(2)10-16(9-13)19(24)21-12-18(23)20-11-15-6-4-5-7-17(15)22-27(3,25)26/h4-10,22H,11-12H2,1-3H3,(H,20,23)(H,21,24). The Labute approximate surface area is 159 Å². The van der Waals surface area contributed by atoms with Crippen LogP contribution in [0.2, 0.25) is 0 Å². The number of nitrogens with one attached hydrogen (secondary N) is 3. The van der Waals surface area contributed by atoms with Crippen molar-refractivity contribution in [3.8, 4) is 0 Å². The van der Waals surface area contributed by atoms with E-state index in [2.05, 4.69) is 15.4 Å². The highest BCUT2D eigenvalue weighted by Crippen LogP contribution is 2.15. The van der Waals surface area contributed by atoms with E-state index < -0.39 is 10.0 Å². The monoisotopic (exact) mass is 389 g/mol. The fourth-order valence-electron chi connectivity index (χ4n) is 2.60. The van der Waals surface area contributed by atoms with Crippen LogP contribution in [0.5, 0.6) is 0 Å². The number of rotatable bonds is 7. The lowest BCUT2D eigenvalue weighted by molar-refractivity contribution is -0.120. The van der Waals surface area contributed by atoms with Crippen molar-refractivity contribution in [2.45, 2.75) is 20.4 Å². The molecule has 144 valence electrons. The van der Waals surface area contributed by atoms with Gasteiger partial charge in [0.1, 0.15) is 0 Å². The van der Waals surface area contributed by atoms with Gasteiger partial charge in [0.2, 0.25) is 15.9 Å². The number of anilines is 1. The number of sulfonamides is 1. The van der Waals surface area contributed by atoms with Gasteiger partial charge < -0.3 is 10.6 Å². The molecule has 0 saturated carbocycles. The van der Waals surface area contributed by atoms with Crippen LogP contribution in [0.4, 0.5) is 5.69 Å². The van der Waals surface area contributed by atoms with Gasteiger partial charge in [0.25, 0.3) is 5.91 Å². The van der Waals surface area contributed by atoms with E-state index in [4.69, 9.17) is 0 Å². The van der Waals surface area contributed by atoms with E-state index in [1.807, 2.05) is 19.9 Å². The van der Waals surface area contributed by atoms with Crippen molar-refractivity contribution in [3.63, 3.8) is 0 Å². The summed E-state index contributed by atoms with van der Waals surface area (Å²) in [6, 6.07) is 12.2. The molecule has 0 fully saturated rings. The normalized spacial score (nSPS) is 10.9. The number of para-hydroxylation sites is 1. The zero-order valence-corrected chi connectivity index (χ0v) is 16.3. The minimum absolute atomic E-state index is 0.136. The van der Waals surface area contributed by atoms with Crippen LogP contribution in [0.3, 0.4) is 0 Å². The second-order valence-corrected chi connectivity index (χ2v) is 8.12. The fourth-order valence-corrected chi connectivity index (χ4v) is 3.20. The first-order chi connectivity index (χ1) is 12.6. The molecular formula is C19H23N3O4S. The van der Waals surface area contributed by atoms with Gasteiger partial charge in [-0.1, -0.05) is 35.4 Å². The Bertz CT molecular complexity index is 935. The number of aryl methyl sites for hydroxylation is 2. The van der Waals surface area contributed by atoms with Gasteiger partial charge in [0.15, 0.2) is 0 Å². The van der Waals surface area contributed by atoms with Crippen LogP contribution < -0.4 is 15.4 Å². The molecule has 0 aliphatic carbocycles. The maximum absolute atomic E-state index is 12.2. The molecule has 0 atom stereocenters. The van der Waals surface area contributed by atoms with E-state index in [1.54, 1.807) is 36.4 Å². The smallest absolute Gasteiger partial charge is 0.251 e. The molecule has 0 radical (unpaired) electrons. The summed E-state index contributed by atoms with van der Waals surface area (Å²) in [6.07, 6.45) is 1.06. The predicted octanol–water partition coefficient (Wildman–Crippen LogP) is 1.72. The Hall–Kier alpha value is -2.87. The molecule has 3 N–H and O–H groups in total. The zero-order valence-electron chi connectivity index (χ0n) is 15.5. The van der Waals surface area contributed by atoms with Crippen molar-refractivity contribution in [2.75, 3.05) is 17.5 Å². The van der Waals surface area contributed by atoms with E-state index in [0.29, 0.717) is 16.8 Å². The minimum atomic E-state index is -3.42. The van der Waals surface area contributed by atoms with Crippen molar-refractivity contribution in [2.24, 2.45) is 0 Å². The van der Waals surface area contributed by atoms with Gasteiger partial charge >= 0.3 is 0 Å². The number of hydrogen-bond acceptors (Lipinski definition) is 4. The third kappa shape index (κ3) is 6.74. The van der Waals surface area contributed by atoms with Crippen LogP contribution in [0, 0.1) is 13.8 Å². The first-order valence-corrected chi connectivity index (χ1v) is 10.2. The maximum Gasteiger partial charge on any atom is 0.251 e. The lowest BCUT2D eigenvalue weighted by Gasteiger charge is -2.12. The van der Waals surface area contributed by atoms with Crippen LogP contribution in [0.15, 0.2) is 42.5 Å². The highest BCUT2D eigenvalue weighted by molar-refractivity contribution is 7.92. The second kappa shape index (κ2) is 8.68. The summed E-state index contributed by atoms with van der Waals surface area (Å²) in [5.74, 6) is -0.696. The molecule has 2 amide bonds. The number of amides is 2. The Kier molecular flexibility index (Phi) is 6.57. The van der Waals surface area contributed by atoms with E-state index in [9.17, 15) is 18.0 Å². The third-order valence-corrected chi connectivity index (χ3v) is 4.27. The van der Waals surface area contributed by atoms with Crippen LogP contribution in [0.25, 0.3) is 0 Å². The van der Waals surface area contributed by atoms with Crippen molar-refractivity contribution in [1.82, 2.24) is 10.6 Å². The molecular weight excluding hydrogens is 366 g/mol. The van der Waals surface area contributed by atoms with Crippen LogP contribution in [-0.2, 0) is 21.4 Å². The van der Waals surface area contributed by atoms with Crippen LogP contribution >= 0.6 is 0 Å². The quantitative estimate of drug-likeness (QED) is 0.671. The Morgan fingerprint density at radius 2 is 1.59 bits per heavy atom. The Morgan fingerprint density at radius 1 is 0.963 bits per heavy atom. The van der Waals surface area contributed by atoms with E-state index in [-0.39, 0.29) is 24.9 Å². The molecule has 2 aromatic carbocycles. The lowest BCUT2D eigenvalue weighted by Crippen LogP contribution is -2.36. The highest BCUT2D eigenvalue weighted by Gasteiger charge is 2.11. The molecule has 27 heavy (non-hydrogen) atoms. The van der Waals surface area contributed by atoms with Gasteiger partial charge in [-0.25, -0.2) is 8.42 Å². The van der Waals surface area contributed by atoms with Gasteiger partial charge in [0, 0.05) is 12.1 Å². The predicted molar refractivity (Wildman–Crippen MR) is 105 cm³/mol. The highest BCUT2D eigenvalue weighted by atomic mass is 32.2. The van der Waals surface area contributed by atoms with Crippen LogP contribution in [0.1, 0.15) is 27.0 Å². The number of hydrogen-bond donors (Lipinski definition) is 3. The Balaban J connectivity index is 1.91. The average molecular weight is 389 g/mol. The van der Waals surface area contributed by atoms with Gasteiger partial charge in [-0.3, -0.25) is 14.3 Å². The zero-order chi connectivity index (χ0) is 20.0. The molecule has 0 aromatic heterocycles. The first kappa shape index (κ1) is 20.4. The molecule has 2 aromatic rings. The summed E-state index contributed by atoms with van der Waals surface area (Å²) < 4.78 is 25.2. The van der Waals surface area contributed by atoms with Gasteiger partial charge in [-0.05, 0) is 37.6 Å². The summed E-state index contributed by atoms with van der Waals surface area (Å²) in [5, 5.41) is 5.25. The summed E-state index contributed by atoms with van der Waals surface area (Å²) in [6.45, 7) is 3.77. The van der Waals surface area contributed by atoms with E-state index in [1.165, 1.54) is 0 Å². The molecule has 8 heteroatoms. The molecule has 7 nitrogen and oxygen atoms in total. The molecule has 0 saturated heterocycles. The molecule has 0 spiro atoms. The topological polar surface area (TPSA) is 104 Å². The summed E-state index contributed by atoms with van der Waals surface area (Å²) >= 11 is 0. The molecule has 0 aliphatic rings. The van der Waals surface area contributed by atoms with Gasteiger partial charge in [0.05, 0.1) is 18.5 Å². The summed E-state index contributed by atoms with van der Waals surface area (Å²) in [5.41, 5.74) is 3.47. The number of carbonyl (C=O) groups is 2. The fraction of sp³-hybridized carbons (Fsp3) is 0.263. The first-order valence-electron chi connectivity index (χ1n) is 8.33. The SMILES string of the molecule is Cc1cc(C)cc(C(=O)NCC(=O)NCc2ccccc2NS(C)(=O)=O)c1. The van der Waals surface area contributed by atoms with E-state index in [0.717, 1.165) is 17.4 Å². The molecule has 0 bridgehead atoms. The number of benzene rings is 2. The second-order valence-electron chi connectivity index (χ2n) is 6.37. The maximum atomic E-state index is 12.2. The third-order valence-electron chi connectivity index (χ3n) is 3.68. The summed E-state index contributed by atoms with van der Waals surface area (Å²) in [7, 11) is -3.42. The minimum Gasteiger partial charge on any atom is -0.350 e. The van der Waals surface area contributed by atoms with Crippen LogP contribution in [-0.4, -0.2) is 33.0 Å². The molecule has 2 rings (SSSR count). The van der Waals surface area contributed by atoms with Crippen molar-refractivity contribution in [3.05, 3.63) is 64.7 Å². The summed E-state index contributed by atoms with van der Waals surface area (Å²) in [4.78, 5) is 24.2.